The van der Waals surface area contributed by atoms with Crippen molar-refractivity contribution >= 4 is 35.7 Å². The summed E-state index contributed by atoms with van der Waals surface area (Å²) < 4.78 is 11.0. The fourth-order valence-electron chi connectivity index (χ4n) is 5.94. The second-order valence-electron chi connectivity index (χ2n) is 16.1. The number of carbonyl (C=O) groups excluding carboxylic acids is 5. The number of ether oxygens (including phenoxy) is 2. The minimum atomic E-state index is -1.40. The van der Waals surface area contributed by atoms with Crippen LogP contribution in [0.4, 0.5) is 4.79 Å². The van der Waals surface area contributed by atoms with Crippen LogP contribution in [0.25, 0.3) is 0 Å². The maximum absolute atomic E-state index is 14.0. The van der Waals surface area contributed by atoms with Crippen molar-refractivity contribution in [1.82, 2.24) is 26.6 Å². The van der Waals surface area contributed by atoms with Crippen LogP contribution in [0, 0.1) is 17.8 Å². The van der Waals surface area contributed by atoms with Gasteiger partial charge in [-0.15, -0.1) is 0 Å². The highest BCUT2D eigenvalue weighted by Crippen LogP contribution is 2.17. The molecule has 58 heavy (non-hydrogen) atoms. The third-order valence-electron chi connectivity index (χ3n) is 9.64. The summed E-state index contributed by atoms with van der Waals surface area (Å²) in [6.07, 6.45) is -1.27. The van der Waals surface area contributed by atoms with E-state index in [0.29, 0.717) is 24.2 Å². The number of rotatable bonds is 23. The van der Waals surface area contributed by atoms with Crippen LogP contribution in [-0.4, -0.2) is 94.9 Å². The Bertz CT molecular complexity index is 1650. The quantitative estimate of drug-likeness (QED) is 0.0803. The zero-order chi connectivity index (χ0) is 43.6. The molecular formula is C43H65N5O10. The number of carbonyl (C=O) groups is 6. The molecule has 0 aliphatic heterocycles. The minimum absolute atomic E-state index is 0.0564. The Kier molecular flexibility index (Phi) is 20.2. The maximum atomic E-state index is 14.0. The normalized spacial score (nSPS) is 15.0. The molecule has 322 valence electrons. The summed E-state index contributed by atoms with van der Waals surface area (Å²) in [6.45, 7) is 16.3. The summed E-state index contributed by atoms with van der Waals surface area (Å²) in [7, 11) is 0. The third-order valence-corrected chi connectivity index (χ3v) is 9.64. The van der Waals surface area contributed by atoms with E-state index in [0.717, 1.165) is 5.56 Å². The lowest BCUT2D eigenvalue weighted by molar-refractivity contribution is -0.143. The second kappa shape index (κ2) is 23.9. The van der Waals surface area contributed by atoms with Crippen molar-refractivity contribution in [3.05, 3.63) is 65.7 Å². The van der Waals surface area contributed by atoms with Crippen LogP contribution in [0.5, 0.6) is 5.75 Å². The first kappa shape index (κ1) is 49.0. The Morgan fingerprint density at radius 1 is 0.724 bits per heavy atom. The highest BCUT2D eigenvalue weighted by atomic mass is 16.6. The topological polar surface area (TPSA) is 221 Å². The minimum Gasteiger partial charge on any atom is -0.492 e. The first-order valence-electron chi connectivity index (χ1n) is 20.1. The van der Waals surface area contributed by atoms with Crippen molar-refractivity contribution in [3.8, 4) is 5.75 Å². The van der Waals surface area contributed by atoms with Crippen molar-refractivity contribution < 1.29 is 48.5 Å². The van der Waals surface area contributed by atoms with E-state index >= 15 is 0 Å². The van der Waals surface area contributed by atoms with Crippen molar-refractivity contribution in [2.24, 2.45) is 17.8 Å². The predicted octanol–water partition coefficient (Wildman–Crippen LogP) is 3.90. The number of benzene rings is 2. The van der Waals surface area contributed by atoms with Crippen molar-refractivity contribution in [1.29, 1.82) is 0 Å². The van der Waals surface area contributed by atoms with Gasteiger partial charge in [-0.05, 0) is 68.2 Å². The summed E-state index contributed by atoms with van der Waals surface area (Å²) in [4.78, 5) is 77.6. The number of nitrogens with one attached hydrogen (secondary N) is 5. The van der Waals surface area contributed by atoms with Crippen LogP contribution in [0.1, 0.15) is 92.7 Å². The number of carboxylic acids is 1. The smallest absolute Gasteiger partial charge is 0.407 e. The fourth-order valence-corrected chi connectivity index (χ4v) is 5.94. The SMILES string of the molecule is CC[C@H](C)[C@H](NC(=O)C[C@H](O)[C@H](Cc1ccccc1)NC(=O)[C@@H](NC(=O)Cc1cccc(OCCNC(=O)OC(C)(C)C)c1)[C@@H](C)CC)C(=O)N[C@H](C(=O)O)C(C)C. The van der Waals surface area contributed by atoms with E-state index in [-0.39, 0.29) is 37.8 Å². The molecular weight excluding hydrogens is 746 g/mol. The molecule has 0 aromatic heterocycles. The van der Waals surface area contributed by atoms with Gasteiger partial charge in [0, 0.05) is 0 Å². The molecule has 0 spiro atoms. The first-order valence-corrected chi connectivity index (χ1v) is 20.1. The molecule has 0 radical (unpaired) electrons. The number of hydrogen-bond acceptors (Lipinski definition) is 9. The highest BCUT2D eigenvalue weighted by Gasteiger charge is 2.34. The maximum Gasteiger partial charge on any atom is 0.407 e. The molecule has 2 aromatic rings. The zero-order valence-electron chi connectivity index (χ0n) is 35.4. The van der Waals surface area contributed by atoms with Gasteiger partial charge in [0.05, 0.1) is 31.5 Å². The molecule has 2 rings (SSSR count). The first-order chi connectivity index (χ1) is 27.2. The van der Waals surface area contributed by atoms with Crippen LogP contribution >= 0.6 is 0 Å². The standard InChI is InChI=1S/C43H65N5O10/c1-10-27(5)37(46-34(50)24-30-18-15-19-31(22-30)57-21-20-44-42(56)58-43(7,8)9)39(52)45-32(23-29-16-13-12-14-17-29)33(49)25-35(51)47-38(28(6)11-2)40(53)48-36(26(3)4)41(54)55/h12-19,22,26-28,32-33,36-38,49H,10-11,20-21,23-25H2,1-9H3,(H,44,56)(H,45,52)(H,46,50)(H,47,51)(H,48,53)(H,54,55)/t27-,28-,32-,33-,36-,37-,38-/m0/s1. The Morgan fingerprint density at radius 3 is 1.84 bits per heavy atom. The van der Waals surface area contributed by atoms with Gasteiger partial charge in [-0.1, -0.05) is 96.8 Å². The largest absolute Gasteiger partial charge is 0.492 e. The van der Waals surface area contributed by atoms with Gasteiger partial charge < -0.3 is 46.3 Å². The second-order valence-corrected chi connectivity index (χ2v) is 16.1. The molecule has 0 aliphatic rings. The third kappa shape index (κ3) is 17.5. The van der Waals surface area contributed by atoms with Gasteiger partial charge in [0.2, 0.25) is 23.6 Å². The van der Waals surface area contributed by atoms with E-state index in [4.69, 9.17) is 9.47 Å². The van der Waals surface area contributed by atoms with E-state index in [9.17, 15) is 39.0 Å². The number of aliphatic hydroxyl groups excluding tert-OH is 1. The molecule has 0 saturated heterocycles. The molecule has 5 amide bonds. The molecule has 7 N–H and O–H groups in total. The van der Waals surface area contributed by atoms with Gasteiger partial charge in [-0.25, -0.2) is 9.59 Å². The summed E-state index contributed by atoms with van der Waals surface area (Å²) in [5.41, 5.74) is 0.792. The predicted molar refractivity (Wildman–Crippen MR) is 220 cm³/mol. The lowest BCUT2D eigenvalue weighted by atomic mass is 9.94. The number of carboxylic acid groups (broad SMARTS) is 1. The van der Waals surface area contributed by atoms with Gasteiger partial charge >= 0.3 is 12.1 Å². The monoisotopic (exact) mass is 811 g/mol. The average molecular weight is 812 g/mol. The van der Waals surface area contributed by atoms with E-state index < -0.39 is 83.9 Å². The van der Waals surface area contributed by atoms with E-state index in [1.54, 1.807) is 65.8 Å². The number of amides is 5. The molecule has 15 nitrogen and oxygen atoms in total. The summed E-state index contributed by atoms with van der Waals surface area (Å²) in [6, 6.07) is 11.9. The van der Waals surface area contributed by atoms with Gasteiger partial charge in [-0.3, -0.25) is 19.2 Å². The molecule has 2 aromatic carbocycles. The van der Waals surface area contributed by atoms with Crippen LogP contribution in [0.2, 0.25) is 0 Å². The van der Waals surface area contributed by atoms with Crippen molar-refractivity contribution in [3.63, 3.8) is 0 Å². The lowest BCUT2D eigenvalue weighted by Crippen LogP contribution is -2.57. The van der Waals surface area contributed by atoms with Gasteiger partial charge in [0.15, 0.2) is 0 Å². The van der Waals surface area contributed by atoms with Crippen LogP contribution < -0.4 is 31.3 Å². The molecule has 7 atom stereocenters. The summed E-state index contributed by atoms with van der Waals surface area (Å²) in [5, 5.41) is 34.6. The summed E-state index contributed by atoms with van der Waals surface area (Å²) in [5.74, 6) is -4.02. The molecule has 0 heterocycles. The van der Waals surface area contributed by atoms with Crippen LogP contribution in [-0.2, 0) is 41.6 Å². The van der Waals surface area contributed by atoms with Gasteiger partial charge in [0.25, 0.3) is 0 Å². The van der Waals surface area contributed by atoms with Gasteiger partial charge in [0.1, 0.15) is 36.1 Å². The van der Waals surface area contributed by atoms with Crippen molar-refractivity contribution in [2.45, 2.75) is 130 Å². The number of alkyl carbamates (subject to hydrolysis) is 1. The Morgan fingerprint density at radius 2 is 1.29 bits per heavy atom. The molecule has 0 aliphatic carbocycles. The van der Waals surface area contributed by atoms with Crippen molar-refractivity contribution in [2.75, 3.05) is 13.2 Å². The van der Waals surface area contributed by atoms with E-state index in [1.807, 2.05) is 51.1 Å². The highest BCUT2D eigenvalue weighted by molar-refractivity contribution is 5.91. The summed E-state index contributed by atoms with van der Waals surface area (Å²) >= 11 is 0. The number of hydrogen-bond donors (Lipinski definition) is 7. The Balaban J connectivity index is 2.17. The Hall–Kier alpha value is -5.18. The average Bonchev–Trinajstić information content (AvgIpc) is 3.15. The molecule has 15 heteroatoms. The molecule has 0 bridgehead atoms. The van der Waals surface area contributed by atoms with Crippen LogP contribution in [0.3, 0.4) is 0 Å². The molecule has 0 fully saturated rings. The number of aliphatic hydroxyl groups is 1. The molecule has 0 unspecified atom stereocenters. The van der Waals surface area contributed by atoms with E-state index in [1.165, 1.54) is 0 Å². The van der Waals surface area contributed by atoms with Crippen LogP contribution in [0.15, 0.2) is 54.6 Å². The van der Waals surface area contributed by atoms with Gasteiger partial charge in [-0.2, -0.15) is 0 Å². The lowest BCUT2D eigenvalue weighted by Gasteiger charge is -2.30. The Labute approximate surface area is 342 Å². The zero-order valence-corrected chi connectivity index (χ0v) is 35.4. The number of aliphatic carboxylic acids is 1. The molecule has 0 saturated carbocycles. The van der Waals surface area contributed by atoms with E-state index in [2.05, 4.69) is 26.6 Å². The fraction of sp³-hybridized carbons (Fsp3) is 0.581.